The summed E-state index contributed by atoms with van der Waals surface area (Å²) in [6.45, 7) is 9.02. The summed E-state index contributed by atoms with van der Waals surface area (Å²) in [6.07, 6.45) is 50.9. The van der Waals surface area contributed by atoms with E-state index in [1.54, 1.807) is 0 Å². The summed E-state index contributed by atoms with van der Waals surface area (Å²) in [6, 6.07) is 0. The first-order chi connectivity index (χ1) is 29.4. The van der Waals surface area contributed by atoms with E-state index in [1.165, 1.54) is 199 Å². The van der Waals surface area contributed by atoms with Crippen LogP contribution in [0.3, 0.4) is 0 Å². The Labute approximate surface area is 374 Å². The zero-order valence-corrected chi connectivity index (χ0v) is 40.9. The molecule has 0 saturated heterocycles. The molecule has 0 radical (unpaired) electrons. The highest BCUT2D eigenvalue weighted by molar-refractivity contribution is 5.71. The summed E-state index contributed by atoms with van der Waals surface area (Å²) in [5.74, 6) is -0.0339. The summed E-state index contributed by atoms with van der Waals surface area (Å²) in [7, 11) is 0. The molecular formula is C54H104O6. The second-order valence-corrected chi connectivity index (χ2v) is 19.0. The van der Waals surface area contributed by atoms with Gasteiger partial charge >= 0.3 is 17.9 Å². The monoisotopic (exact) mass is 849 g/mol. The molecule has 0 aliphatic carbocycles. The van der Waals surface area contributed by atoms with Crippen molar-refractivity contribution in [1.82, 2.24) is 0 Å². The summed E-state index contributed by atoms with van der Waals surface area (Å²) < 4.78 is 16.8. The first-order valence-electron chi connectivity index (χ1n) is 26.9. The van der Waals surface area contributed by atoms with Crippen molar-refractivity contribution in [3.63, 3.8) is 0 Å². The Morgan fingerprint density at radius 1 is 0.317 bits per heavy atom. The van der Waals surface area contributed by atoms with Gasteiger partial charge < -0.3 is 14.2 Å². The van der Waals surface area contributed by atoms with Crippen molar-refractivity contribution in [2.24, 2.45) is 5.92 Å². The Balaban J connectivity index is 4.29. The molecule has 6 heteroatoms. The van der Waals surface area contributed by atoms with Crippen LogP contribution in [0.5, 0.6) is 0 Å². The standard InChI is InChI=1S/C54H104O6/c1-5-7-9-11-13-15-17-19-20-21-22-24-26-30-35-39-43-47-54(57)60-51(49-59-53(56)46-42-38-34-31-27-28-32-36-40-44-50(3)4)48-58-52(55)45-41-37-33-29-25-23-18-16-14-12-10-8-6-2/h50-51H,5-49H2,1-4H3/t51-/m0/s1. The van der Waals surface area contributed by atoms with Gasteiger partial charge in [-0.25, -0.2) is 0 Å². The predicted octanol–water partition coefficient (Wildman–Crippen LogP) is 17.5. The van der Waals surface area contributed by atoms with E-state index in [0.717, 1.165) is 63.7 Å². The topological polar surface area (TPSA) is 78.9 Å². The van der Waals surface area contributed by atoms with E-state index in [4.69, 9.17) is 14.2 Å². The normalized spacial score (nSPS) is 11.9. The first-order valence-corrected chi connectivity index (χ1v) is 26.9. The van der Waals surface area contributed by atoms with Crippen molar-refractivity contribution in [2.75, 3.05) is 13.2 Å². The molecule has 1 atom stereocenters. The average Bonchev–Trinajstić information content (AvgIpc) is 3.23. The number of unbranched alkanes of at least 4 members (excludes halogenated alkanes) is 36. The Kier molecular flexibility index (Phi) is 47.2. The SMILES string of the molecule is CCCCCCCCCCCCCCCCCCCC(=O)O[C@@H](COC(=O)CCCCCCCCCCCCCCC)COC(=O)CCCCCCCCCCCC(C)C. The molecule has 0 amide bonds. The lowest BCUT2D eigenvalue weighted by Gasteiger charge is -2.18. The molecule has 0 aliphatic rings. The fourth-order valence-electron chi connectivity index (χ4n) is 8.22. The smallest absolute Gasteiger partial charge is 0.306 e. The van der Waals surface area contributed by atoms with Gasteiger partial charge in [0, 0.05) is 19.3 Å². The molecule has 0 spiro atoms. The Morgan fingerprint density at radius 3 is 0.817 bits per heavy atom. The van der Waals surface area contributed by atoms with Gasteiger partial charge in [0.2, 0.25) is 0 Å². The number of ether oxygens (including phenoxy) is 3. The highest BCUT2D eigenvalue weighted by Gasteiger charge is 2.19. The van der Waals surface area contributed by atoms with Crippen molar-refractivity contribution in [3.05, 3.63) is 0 Å². The quantitative estimate of drug-likeness (QED) is 0.0345. The van der Waals surface area contributed by atoms with Gasteiger partial charge in [0.1, 0.15) is 13.2 Å². The number of hydrogen-bond acceptors (Lipinski definition) is 6. The van der Waals surface area contributed by atoms with Crippen molar-refractivity contribution >= 4 is 17.9 Å². The van der Waals surface area contributed by atoms with E-state index in [0.29, 0.717) is 19.3 Å². The summed E-state index contributed by atoms with van der Waals surface area (Å²) in [5.41, 5.74) is 0. The fourth-order valence-corrected chi connectivity index (χ4v) is 8.22. The van der Waals surface area contributed by atoms with Crippen LogP contribution in [0, 0.1) is 5.92 Å². The Bertz CT molecular complexity index is 903. The largest absolute Gasteiger partial charge is 0.462 e. The van der Waals surface area contributed by atoms with E-state index in [-0.39, 0.29) is 31.1 Å². The van der Waals surface area contributed by atoms with E-state index < -0.39 is 6.10 Å². The number of rotatable bonds is 49. The minimum atomic E-state index is -0.761. The van der Waals surface area contributed by atoms with Crippen LogP contribution in [0.4, 0.5) is 0 Å². The third-order valence-corrected chi connectivity index (χ3v) is 12.3. The van der Waals surface area contributed by atoms with E-state index in [1.807, 2.05) is 0 Å². The molecule has 0 N–H and O–H groups in total. The lowest BCUT2D eigenvalue weighted by Crippen LogP contribution is -2.30. The van der Waals surface area contributed by atoms with Crippen molar-refractivity contribution in [2.45, 2.75) is 310 Å². The van der Waals surface area contributed by atoms with E-state index in [9.17, 15) is 14.4 Å². The number of hydrogen-bond donors (Lipinski definition) is 0. The van der Waals surface area contributed by atoms with Crippen molar-refractivity contribution < 1.29 is 28.6 Å². The Hall–Kier alpha value is -1.59. The third-order valence-electron chi connectivity index (χ3n) is 12.3. The lowest BCUT2D eigenvalue weighted by atomic mass is 10.0. The van der Waals surface area contributed by atoms with Gasteiger partial charge in [0.05, 0.1) is 0 Å². The van der Waals surface area contributed by atoms with Crippen LogP contribution in [0.25, 0.3) is 0 Å². The predicted molar refractivity (Wildman–Crippen MR) is 257 cm³/mol. The van der Waals surface area contributed by atoms with Gasteiger partial charge in [-0.15, -0.1) is 0 Å². The van der Waals surface area contributed by atoms with Gasteiger partial charge in [-0.1, -0.05) is 265 Å². The molecule has 0 aromatic carbocycles. The zero-order chi connectivity index (χ0) is 43.8. The van der Waals surface area contributed by atoms with Gasteiger partial charge in [-0.2, -0.15) is 0 Å². The minimum absolute atomic E-state index is 0.0627. The highest BCUT2D eigenvalue weighted by Crippen LogP contribution is 2.17. The number of carbonyl (C=O) groups excluding carboxylic acids is 3. The molecule has 0 unspecified atom stereocenters. The molecule has 356 valence electrons. The van der Waals surface area contributed by atoms with Crippen LogP contribution >= 0.6 is 0 Å². The van der Waals surface area contributed by atoms with Gasteiger partial charge in [-0.3, -0.25) is 14.4 Å². The summed E-state index contributed by atoms with van der Waals surface area (Å²) in [4.78, 5) is 38.0. The Morgan fingerprint density at radius 2 is 0.550 bits per heavy atom. The second-order valence-electron chi connectivity index (χ2n) is 19.0. The van der Waals surface area contributed by atoms with Crippen LogP contribution in [0.1, 0.15) is 304 Å². The van der Waals surface area contributed by atoms with E-state index >= 15 is 0 Å². The maximum atomic E-state index is 12.8. The maximum absolute atomic E-state index is 12.8. The highest BCUT2D eigenvalue weighted by atomic mass is 16.6. The van der Waals surface area contributed by atoms with Gasteiger partial charge in [0.15, 0.2) is 6.10 Å². The molecule has 0 bridgehead atoms. The molecule has 0 heterocycles. The van der Waals surface area contributed by atoms with E-state index in [2.05, 4.69) is 27.7 Å². The van der Waals surface area contributed by atoms with Gasteiger partial charge in [0.25, 0.3) is 0 Å². The third kappa shape index (κ3) is 47.5. The van der Waals surface area contributed by atoms with Crippen molar-refractivity contribution in [1.29, 1.82) is 0 Å². The zero-order valence-electron chi connectivity index (χ0n) is 40.9. The van der Waals surface area contributed by atoms with Crippen LogP contribution in [-0.2, 0) is 28.6 Å². The average molecular weight is 849 g/mol. The number of esters is 3. The molecule has 0 aromatic heterocycles. The summed E-state index contributed by atoms with van der Waals surface area (Å²) >= 11 is 0. The second kappa shape index (κ2) is 48.4. The molecule has 0 aliphatic heterocycles. The van der Waals surface area contributed by atoms with Crippen LogP contribution in [-0.4, -0.2) is 37.2 Å². The molecule has 0 rings (SSSR count). The molecule has 0 fully saturated rings. The van der Waals surface area contributed by atoms with Crippen LogP contribution in [0.15, 0.2) is 0 Å². The molecule has 6 nitrogen and oxygen atoms in total. The molecular weight excluding hydrogens is 745 g/mol. The lowest BCUT2D eigenvalue weighted by molar-refractivity contribution is -0.167. The molecule has 0 aromatic rings. The van der Waals surface area contributed by atoms with Gasteiger partial charge in [-0.05, 0) is 25.2 Å². The molecule has 0 saturated carbocycles. The van der Waals surface area contributed by atoms with Crippen LogP contribution in [0.2, 0.25) is 0 Å². The number of carbonyl (C=O) groups is 3. The first kappa shape index (κ1) is 58.4. The fraction of sp³-hybridized carbons (Fsp3) is 0.944. The minimum Gasteiger partial charge on any atom is -0.462 e. The molecule has 60 heavy (non-hydrogen) atoms. The van der Waals surface area contributed by atoms with Crippen LogP contribution < -0.4 is 0 Å². The van der Waals surface area contributed by atoms with Crippen molar-refractivity contribution in [3.8, 4) is 0 Å². The summed E-state index contributed by atoms with van der Waals surface area (Å²) in [5, 5.41) is 0. The maximum Gasteiger partial charge on any atom is 0.306 e.